The Hall–Kier alpha value is -2.03. The van der Waals surface area contributed by atoms with Crippen molar-refractivity contribution in [3.05, 3.63) is 36.2 Å². The Morgan fingerprint density at radius 3 is 2.83 bits per heavy atom. The molecule has 8 heteroatoms. The van der Waals surface area contributed by atoms with Gasteiger partial charge in [0.05, 0.1) is 12.0 Å². The third-order valence-electron chi connectivity index (χ3n) is 4.17. The van der Waals surface area contributed by atoms with Crippen molar-refractivity contribution >= 4 is 26.8 Å². The second-order valence-corrected chi connectivity index (χ2v) is 7.53. The lowest BCUT2D eigenvalue weighted by atomic mass is 10.1. The summed E-state index contributed by atoms with van der Waals surface area (Å²) in [6.07, 6.45) is 1.43. The molecule has 24 heavy (non-hydrogen) atoms. The maximum atomic E-state index is 13.1. The molecular weight excluding hydrogens is 330 g/mol. The van der Waals surface area contributed by atoms with E-state index in [1.807, 2.05) is 6.92 Å². The lowest BCUT2D eigenvalue weighted by Gasteiger charge is -2.33. The average molecular weight is 349 g/mol. The third kappa shape index (κ3) is 2.77. The Labute approximate surface area is 140 Å². The van der Waals surface area contributed by atoms with E-state index in [1.54, 1.807) is 24.3 Å². The molecule has 0 amide bonds. The van der Waals surface area contributed by atoms with E-state index >= 15 is 0 Å². The highest BCUT2D eigenvalue weighted by molar-refractivity contribution is 7.89. The van der Waals surface area contributed by atoms with E-state index in [2.05, 4.69) is 10.3 Å². The summed E-state index contributed by atoms with van der Waals surface area (Å²) in [5, 5.41) is 4.12. The van der Waals surface area contributed by atoms with Crippen LogP contribution in [0.25, 0.3) is 10.8 Å². The van der Waals surface area contributed by atoms with Crippen molar-refractivity contribution in [3.63, 3.8) is 0 Å². The first-order valence-corrected chi connectivity index (χ1v) is 9.09. The molecule has 0 saturated carbocycles. The molecular formula is C16H19N3O4S. The van der Waals surface area contributed by atoms with Crippen LogP contribution in [-0.4, -0.2) is 56.5 Å². The maximum Gasteiger partial charge on any atom is 0.357 e. The van der Waals surface area contributed by atoms with E-state index in [0.717, 1.165) is 0 Å². The van der Waals surface area contributed by atoms with Crippen molar-refractivity contribution in [2.24, 2.45) is 0 Å². The van der Waals surface area contributed by atoms with Crippen LogP contribution in [-0.2, 0) is 14.8 Å². The average Bonchev–Trinajstić information content (AvgIpc) is 2.60. The predicted molar refractivity (Wildman–Crippen MR) is 89.3 cm³/mol. The van der Waals surface area contributed by atoms with Crippen molar-refractivity contribution in [1.82, 2.24) is 14.6 Å². The molecule has 128 valence electrons. The highest BCUT2D eigenvalue weighted by Crippen LogP contribution is 2.28. The highest BCUT2D eigenvalue weighted by Gasteiger charge is 2.32. The molecule has 1 fully saturated rings. The number of carbonyl (C=O) groups is 1. The number of aromatic nitrogens is 1. The van der Waals surface area contributed by atoms with E-state index in [1.165, 1.54) is 17.6 Å². The van der Waals surface area contributed by atoms with Crippen molar-refractivity contribution in [3.8, 4) is 0 Å². The van der Waals surface area contributed by atoms with Crippen LogP contribution in [0, 0.1) is 0 Å². The van der Waals surface area contributed by atoms with Gasteiger partial charge in [0.25, 0.3) is 0 Å². The van der Waals surface area contributed by atoms with Crippen molar-refractivity contribution in [2.75, 3.05) is 26.7 Å². The van der Waals surface area contributed by atoms with E-state index in [9.17, 15) is 13.2 Å². The molecule has 1 aromatic heterocycles. The highest BCUT2D eigenvalue weighted by atomic mass is 32.2. The van der Waals surface area contributed by atoms with Crippen molar-refractivity contribution < 1.29 is 17.9 Å². The van der Waals surface area contributed by atoms with Crippen LogP contribution in [0.3, 0.4) is 0 Å². The van der Waals surface area contributed by atoms with Gasteiger partial charge in [-0.05, 0) is 19.1 Å². The Morgan fingerprint density at radius 2 is 2.12 bits per heavy atom. The number of ether oxygens (including phenoxy) is 1. The minimum atomic E-state index is -3.67. The summed E-state index contributed by atoms with van der Waals surface area (Å²) in [6.45, 7) is 3.51. The van der Waals surface area contributed by atoms with Gasteiger partial charge in [-0.1, -0.05) is 12.1 Å². The first-order chi connectivity index (χ1) is 11.5. The summed E-state index contributed by atoms with van der Waals surface area (Å²) in [6, 6.07) is 6.33. The Kier molecular flexibility index (Phi) is 4.53. The predicted octanol–water partition coefficient (Wildman–Crippen LogP) is 1.00. The first-order valence-electron chi connectivity index (χ1n) is 7.65. The molecule has 1 unspecified atom stereocenters. The lowest BCUT2D eigenvalue weighted by Crippen LogP contribution is -2.52. The van der Waals surface area contributed by atoms with Crippen molar-refractivity contribution in [2.45, 2.75) is 17.9 Å². The molecule has 1 aromatic carbocycles. The fraction of sp³-hybridized carbons (Fsp3) is 0.375. The Balaban J connectivity index is 2.18. The zero-order valence-electron chi connectivity index (χ0n) is 13.5. The molecule has 2 aromatic rings. The van der Waals surface area contributed by atoms with Crippen LogP contribution in [0.5, 0.6) is 0 Å². The lowest BCUT2D eigenvalue weighted by molar-refractivity contribution is 0.0596. The summed E-state index contributed by atoms with van der Waals surface area (Å²) in [4.78, 5) is 16.1. The summed E-state index contributed by atoms with van der Waals surface area (Å²) < 4.78 is 32.5. The summed E-state index contributed by atoms with van der Waals surface area (Å²) in [5.74, 6) is -0.592. The summed E-state index contributed by atoms with van der Waals surface area (Å²) >= 11 is 0. The van der Waals surface area contributed by atoms with Gasteiger partial charge in [-0.2, -0.15) is 4.31 Å². The van der Waals surface area contributed by atoms with Crippen LogP contribution in [0.4, 0.5) is 0 Å². The van der Waals surface area contributed by atoms with Gasteiger partial charge >= 0.3 is 5.97 Å². The monoisotopic (exact) mass is 349 g/mol. The van der Waals surface area contributed by atoms with Crippen LogP contribution in [0.15, 0.2) is 35.4 Å². The molecule has 7 nitrogen and oxygen atoms in total. The van der Waals surface area contributed by atoms with Gasteiger partial charge < -0.3 is 10.1 Å². The minimum absolute atomic E-state index is 0.111. The Bertz CT molecular complexity index is 882. The zero-order valence-corrected chi connectivity index (χ0v) is 14.3. The van der Waals surface area contributed by atoms with E-state index in [-0.39, 0.29) is 16.6 Å². The largest absolute Gasteiger partial charge is 0.464 e. The number of benzene rings is 1. The summed E-state index contributed by atoms with van der Waals surface area (Å²) in [7, 11) is -2.40. The number of nitrogens with zero attached hydrogens (tertiary/aromatic N) is 2. The third-order valence-corrected chi connectivity index (χ3v) is 6.24. The molecule has 0 aliphatic carbocycles. The number of methoxy groups -OCH3 is 1. The number of hydrogen-bond donors (Lipinski definition) is 1. The number of sulfonamides is 1. The molecule has 1 saturated heterocycles. The van der Waals surface area contributed by atoms with E-state index < -0.39 is 16.0 Å². The van der Waals surface area contributed by atoms with Crippen LogP contribution in [0.1, 0.15) is 17.4 Å². The van der Waals surface area contributed by atoms with Crippen LogP contribution in [0.2, 0.25) is 0 Å². The number of carbonyl (C=O) groups excluding carboxylic acids is 1. The maximum absolute atomic E-state index is 13.1. The number of fused-ring (bicyclic) bond motifs is 1. The number of piperazine rings is 1. The second kappa shape index (κ2) is 6.46. The van der Waals surface area contributed by atoms with Gasteiger partial charge in [0.15, 0.2) is 5.69 Å². The van der Waals surface area contributed by atoms with Gasteiger partial charge in [0.1, 0.15) is 0 Å². The zero-order chi connectivity index (χ0) is 17.3. The van der Waals surface area contributed by atoms with Gasteiger partial charge in [-0.25, -0.2) is 18.2 Å². The fourth-order valence-corrected chi connectivity index (χ4v) is 4.81. The molecule has 1 N–H and O–H groups in total. The van der Waals surface area contributed by atoms with Crippen molar-refractivity contribution in [1.29, 1.82) is 0 Å². The van der Waals surface area contributed by atoms with Crippen LogP contribution >= 0.6 is 0 Å². The van der Waals surface area contributed by atoms with Gasteiger partial charge in [0, 0.05) is 42.6 Å². The van der Waals surface area contributed by atoms with Gasteiger partial charge in [0.2, 0.25) is 10.0 Å². The molecule has 1 aliphatic rings. The quantitative estimate of drug-likeness (QED) is 0.832. The molecule has 2 heterocycles. The molecule has 0 radical (unpaired) electrons. The van der Waals surface area contributed by atoms with E-state index in [0.29, 0.717) is 30.4 Å². The number of pyridine rings is 1. The number of esters is 1. The molecule has 0 bridgehead atoms. The molecule has 3 rings (SSSR count). The molecule has 1 atom stereocenters. The number of rotatable bonds is 3. The summed E-state index contributed by atoms with van der Waals surface area (Å²) in [5.41, 5.74) is 0.111. The van der Waals surface area contributed by atoms with Gasteiger partial charge in [-0.15, -0.1) is 0 Å². The van der Waals surface area contributed by atoms with Crippen LogP contribution < -0.4 is 5.32 Å². The topological polar surface area (TPSA) is 88.6 Å². The minimum Gasteiger partial charge on any atom is -0.464 e. The Morgan fingerprint density at radius 1 is 1.33 bits per heavy atom. The number of nitrogens with one attached hydrogen (secondary N) is 1. The SMILES string of the molecule is COC(=O)c1nccc2c(S(=O)(=O)N3CCNCC3C)cccc12. The smallest absolute Gasteiger partial charge is 0.357 e. The molecule has 1 aliphatic heterocycles. The fourth-order valence-electron chi connectivity index (χ4n) is 2.97. The standard InChI is InChI=1S/C16H19N3O4S/c1-11-10-17-8-9-19(11)24(21,22)14-5-3-4-13-12(14)6-7-18-15(13)16(20)23-2/h3-7,11,17H,8-10H2,1-2H3. The van der Waals surface area contributed by atoms with E-state index in [4.69, 9.17) is 4.74 Å². The first kappa shape index (κ1) is 16.8. The number of hydrogen-bond acceptors (Lipinski definition) is 6. The van der Waals surface area contributed by atoms with Gasteiger partial charge in [-0.3, -0.25) is 0 Å². The normalized spacial score (nSPS) is 19.3. The second-order valence-electron chi connectivity index (χ2n) is 5.67. The molecule has 0 spiro atoms.